The van der Waals surface area contributed by atoms with E-state index in [0.29, 0.717) is 25.9 Å². The van der Waals surface area contributed by atoms with Crippen molar-refractivity contribution < 1.29 is 14.7 Å². The molecule has 1 rings (SSSR count). The molecule has 5 nitrogen and oxygen atoms in total. The van der Waals surface area contributed by atoms with E-state index in [4.69, 9.17) is 6.42 Å². The number of aliphatic carboxylic acids is 1. The summed E-state index contributed by atoms with van der Waals surface area (Å²) in [4.78, 5) is 26.6. The van der Waals surface area contributed by atoms with E-state index in [1.54, 1.807) is 16.7 Å². The third-order valence-electron chi connectivity index (χ3n) is 3.42. The summed E-state index contributed by atoms with van der Waals surface area (Å²) in [5, 5.41) is 9.21. The van der Waals surface area contributed by atoms with E-state index < -0.39 is 11.4 Å². The average molecular weight is 252 g/mol. The van der Waals surface area contributed by atoms with Gasteiger partial charge in [0.25, 0.3) is 0 Å². The molecule has 100 valence electrons. The van der Waals surface area contributed by atoms with Crippen molar-refractivity contribution in [2.75, 3.05) is 26.2 Å². The zero-order chi connectivity index (χ0) is 13.8. The molecule has 5 heteroatoms. The Balaban J connectivity index is 2.75. The number of carboxylic acid groups (broad SMARTS) is 1. The van der Waals surface area contributed by atoms with Gasteiger partial charge in [0.15, 0.2) is 0 Å². The SMILES string of the molecule is C#CCN(CC)C(=O)N1CCCC(C)(C(=O)O)C1. The number of hydrogen-bond donors (Lipinski definition) is 1. The molecule has 0 aromatic heterocycles. The Hall–Kier alpha value is -1.70. The van der Waals surface area contributed by atoms with Crippen LogP contribution in [-0.4, -0.2) is 53.1 Å². The second-order valence-electron chi connectivity index (χ2n) is 4.89. The van der Waals surface area contributed by atoms with Crippen molar-refractivity contribution in [3.63, 3.8) is 0 Å². The first-order chi connectivity index (χ1) is 8.44. The molecule has 0 aliphatic carbocycles. The van der Waals surface area contributed by atoms with Gasteiger partial charge in [0.05, 0.1) is 12.0 Å². The van der Waals surface area contributed by atoms with Crippen LogP contribution in [0.3, 0.4) is 0 Å². The molecule has 1 N–H and O–H groups in total. The van der Waals surface area contributed by atoms with Crippen molar-refractivity contribution >= 4 is 12.0 Å². The third-order valence-corrected chi connectivity index (χ3v) is 3.42. The molecule has 2 amide bonds. The minimum atomic E-state index is -0.847. The lowest BCUT2D eigenvalue weighted by Crippen LogP contribution is -2.52. The third kappa shape index (κ3) is 2.95. The molecule has 0 saturated carbocycles. The monoisotopic (exact) mass is 252 g/mol. The molecule has 1 heterocycles. The molecule has 0 aromatic rings. The highest BCUT2D eigenvalue weighted by molar-refractivity contribution is 5.78. The second kappa shape index (κ2) is 5.76. The molecule has 1 unspecified atom stereocenters. The number of urea groups is 1. The van der Waals surface area contributed by atoms with Gasteiger partial charge in [-0.15, -0.1) is 6.42 Å². The fourth-order valence-corrected chi connectivity index (χ4v) is 2.20. The molecule has 0 spiro atoms. The number of hydrogen-bond acceptors (Lipinski definition) is 2. The molecule has 1 aliphatic heterocycles. The van der Waals surface area contributed by atoms with Crippen LogP contribution in [-0.2, 0) is 4.79 Å². The highest BCUT2D eigenvalue weighted by Gasteiger charge is 2.40. The number of rotatable bonds is 3. The van der Waals surface area contributed by atoms with Gasteiger partial charge in [-0.05, 0) is 26.7 Å². The number of terminal acetylenes is 1. The van der Waals surface area contributed by atoms with Crippen LogP contribution in [0.5, 0.6) is 0 Å². The lowest BCUT2D eigenvalue weighted by atomic mass is 9.82. The predicted molar refractivity (Wildman–Crippen MR) is 68.0 cm³/mol. The highest BCUT2D eigenvalue weighted by Crippen LogP contribution is 2.30. The van der Waals surface area contributed by atoms with Crippen LogP contribution >= 0.6 is 0 Å². The Labute approximate surface area is 108 Å². The second-order valence-corrected chi connectivity index (χ2v) is 4.89. The van der Waals surface area contributed by atoms with Gasteiger partial charge >= 0.3 is 12.0 Å². The smallest absolute Gasteiger partial charge is 0.320 e. The molecule has 1 aliphatic rings. The summed E-state index contributed by atoms with van der Waals surface area (Å²) in [6.07, 6.45) is 6.53. The molecule has 1 atom stereocenters. The molecule has 1 saturated heterocycles. The molecular formula is C13H20N2O3. The maximum absolute atomic E-state index is 12.2. The van der Waals surface area contributed by atoms with E-state index in [9.17, 15) is 14.7 Å². The normalized spacial score (nSPS) is 23.3. The van der Waals surface area contributed by atoms with Crippen molar-refractivity contribution in [3.8, 4) is 12.3 Å². The average Bonchev–Trinajstić information content (AvgIpc) is 2.35. The summed E-state index contributed by atoms with van der Waals surface area (Å²) in [6, 6.07) is -0.164. The lowest BCUT2D eigenvalue weighted by Gasteiger charge is -2.39. The van der Waals surface area contributed by atoms with E-state index in [1.165, 1.54) is 0 Å². The van der Waals surface area contributed by atoms with Crippen LogP contribution in [0.1, 0.15) is 26.7 Å². The molecule has 0 radical (unpaired) electrons. The van der Waals surface area contributed by atoms with Crippen LogP contribution in [0.4, 0.5) is 4.79 Å². The molecule has 0 aromatic carbocycles. The zero-order valence-electron chi connectivity index (χ0n) is 11.0. The number of carboxylic acids is 1. The number of carbonyl (C=O) groups excluding carboxylic acids is 1. The quantitative estimate of drug-likeness (QED) is 0.769. The fraction of sp³-hybridized carbons (Fsp3) is 0.692. The summed E-state index contributed by atoms with van der Waals surface area (Å²) in [5.74, 6) is 1.60. The lowest BCUT2D eigenvalue weighted by molar-refractivity contribution is -0.150. The number of amides is 2. The standard InChI is InChI=1S/C13H20N2O3/c1-4-8-14(5-2)12(18)15-9-6-7-13(3,10-15)11(16)17/h1H,5-10H2,2-3H3,(H,16,17). The number of piperidine rings is 1. The summed E-state index contributed by atoms with van der Waals surface area (Å²) in [5.41, 5.74) is -0.844. The first kappa shape index (κ1) is 14.4. The topological polar surface area (TPSA) is 60.9 Å². The number of carbonyl (C=O) groups is 2. The summed E-state index contributed by atoms with van der Waals surface area (Å²) >= 11 is 0. The molecule has 1 fully saturated rings. The van der Waals surface area contributed by atoms with Gasteiger partial charge in [0.2, 0.25) is 0 Å². The number of nitrogens with zero attached hydrogens (tertiary/aromatic N) is 2. The maximum Gasteiger partial charge on any atom is 0.320 e. The van der Waals surface area contributed by atoms with Crippen molar-refractivity contribution in [2.45, 2.75) is 26.7 Å². The molecule has 18 heavy (non-hydrogen) atoms. The van der Waals surface area contributed by atoms with Gasteiger partial charge in [-0.25, -0.2) is 4.79 Å². The van der Waals surface area contributed by atoms with Crippen molar-refractivity contribution in [2.24, 2.45) is 5.41 Å². The summed E-state index contributed by atoms with van der Waals surface area (Å²) in [7, 11) is 0. The van der Waals surface area contributed by atoms with E-state index in [2.05, 4.69) is 5.92 Å². The van der Waals surface area contributed by atoms with Gasteiger partial charge in [-0.3, -0.25) is 4.79 Å². The Morgan fingerprint density at radius 3 is 2.72 bits per heavy atom. The van der Waals surface area contributed by atoms with Crippen molar-refractivity contribution in [1.29, 1.82) is 0 Å². The van der Waals surface area contributed by atoms with Gasteiger partial charge in [-0.1, -0.05) is 5.92 Å². The Morgan fingerprint density at radius 1 is 1.56 bits per heavy atom. The van der Waals surface area contributed by atoms with Gasteiger partial charge < -0.3 is 14.9 Å². The van der Waals surface area contributed by atoms with Crippen LogP contribution in [0.2, 0.25) is 0 Å². The van der Waals surface area contributed by atoms with E-state index in [1.807, 2.05) is 6.92 Å². The largest absolute Gasteiger partial charge is 0.481 e. The highest BCUT2D eigenvalue weighted by atomic mass is 16.4. The minimum Gasteiger partial charge on any atom is -0.481 e. The first-order valence-corrected chi connectivity index (χ1v) is 6.15. The minimum absolute atomic E-state index is 0.164. The zero-order valence-corrected chi connectivity index (χ0v) is 11.0. The summed E-state index contributed by atoms with van der Waals surface area (Å²) in [6.45, 7) is 5.19. The Morgan fingerprint density at radius 2 is 2.22 bits per heavy atom. The fourth-order valence-electron chi connectivity index (χ4n) is 2.20. The van der Waals surface area contributed by atoms with E-state index >= 15 is 0 Å². The first-order valence-electron chi connectivity index (χ1n) is 6.15. The van der Waals surface area contributed by atoms with Crippen molar-refractivity contribution in [1.82, 2.24) is 9.80 Å². The van der Waals surface area contributed by atoms with Gasteiger partial charge in [0, 0.05) is 19.6 Å². The van der Waals surface area contributed by atoms with E-state index in [0.717, 1.165) is 0 Å². The molecular weight excluding hydrogens is 232 g/mol. The Kier molecular flexibility index (Phi) is 4.60. The van der Waals surface area contributed by atoms with Crippen LogP contribution in [0.15, 0.2) is 0 Å². The van der Waals surface area contributed by atoms with Crippen molar-refractivity contribution in [3.05, 3.63) is 0 Å². The van der Waals surface area contributed by atoms with Gasteiger partial charge in [-0.2, -0.15) is 0 Å². The summed E-state index contributed by atoms with van der Waals surface area (Å²) < 4.78 is 0. The van der Waals surface area contributed by atoms with Crippen LogP contribution < -0.4 is 0 Å². The number of likely N-dealkylation sites (tertiary alicyclic amines) is 1. The van der Waals surface area contributed by atoms with Crippen LogP contribution in [0, 0.1) is 17.8 Å². The Bertz CT molecular complexity index is 375. The molecule has 0 bridgehead atoms. The van der Waals surface area contributed by atoms with Gasteiger partial charge in [0.1, 0.15) is 0 Å². The maximum atomic E-state index is 12.2. The van der Waals surface area contributed by atoms with E-state index in [-0.39, 0.29) is 19.1 Å². The predicted octanol–water partition coefficient (Wildman–Crippen LogP) is 1.25. The van der Waals surface area contributed by atoms with Crippen LogP contribution in [0.25, 0.3) is 0 Å².